The molecule has 0 radical (unpaired) electrons. The Morgan fingerprint density at radius 3 is 2.48 bits per heavy atom. The second-order valence-corrected chi connectivity index (χ2v) is 10.4. The second kappa shape index (κ2) is 7.46. The standard InChI is InChI=1S/C23H29N3O2S/c1-2-26-21(28)18-5-3-4-6-19(18)25-22(26)29-13-20(27)24-14-23-10-15-7-16(11-23)9-17(8-15)12-23/h3-6,15-17H,2,7-14H2,1H3,(H,24,27). The van der Waals surface area contributed by atoms with E-state index < -0.39 is 0 Å². The molecule has 6 rings (SSSR count). The van der Waals surface area contributed by atoms with Crippen LogP contribution in [0.1, 0.15) is 45.4 Å². The van der Waals surface area contributed by atoms with E-state index in [1.807, 2.05) is 31.2 Å². The van der Waals surface area contributed by atoms with Crippen LogP contribution in [0.3, 0.4) is 0 Å². The van der Waals surface area contributed by atoms with Crippen molar-refractivity contribution >= 4 is 28.6 Å². The molecule has 4 aliphatic carbocycles. The number of hydrogen-bond acceptors (Lipinski definition) is 4. The van der Waals surface area contributed by atoms with Crippen LogP contribution in [0, 0.1) is 23.2 Å². The molecular weight excluding hydrogens is 382 g/mol. The molecular formula is C23H29N3O2S. The lowest BCUT2D eigenvalue weighted by Crippen LogP contribution is -2.51. The van der Waals surface area contributed by atoms with Gasteiger partial charge in [-0.05, 0) is 80.8 Å². The summed E-state index contributed by atoms with van der Waals surface area (Å²) in [5, 5.41) is 4.48. The number of benzene rings is 1. The zero-order valence-corrected chi connectivity index (χ0v) is 17.8. The van der Waals surface area contributed by atoms with Crippen LogP contribution in [0.5, 0.6) is 0 Å². The van der Waals surface area contributed by atoms with Crippen molar-refractivity contribution in [2.45, 2.75) is 57.1 Å². The van der Waals surface area contributed by atoms with Crippen LogP contribution < -0.4 is 10.9 Å². The first-order valence-electron chi connectivity index (χ1n) is 10.9. The highest BCUT2D eigenvalue weighted by Gasteiger charge is 2.50. The van der Waals surface area contributed by atoms with Gasteiger partial charge in [0, 0.05) is 13.1 Å². The predicted octanol–water partition coefficient (Wildman–Crippen LogP) is 3.84. The molecule has 0 spiro atoms. The lowest BCUT2D eigenvalue weighted by atomic mass is 9.49. The average molecular weight is 412 g/mol. The monoisotopic (exact) mass is 411 g/mol. The highest BCUT2D eigenvalue weighted by molar-refractivity contribution is 7.99. The molecule has 6 heteroatoms. The highest BCUT2D eigenvalue weighted by Crippen LogP contribution is 2.59. The van der Waals surface area contributed by atoms with Gasteiger partial charge in [0.25, 0.3) is 5.56 Å². The Kier molecular flexibility index (Phi) is 4.93. The number of nitrogens with zero attached hydrogens (tertiary/aromatic N) is 2. The first-order chi connectivity index (χ1) is 14.0. The molecule has 4 bridgehead atoms. The predicted molar refractivity (Wildman–Crippen MR) is 116 cm³/mol. The molecule has 154 valence electrons. The molecule has 0 aliphatic heterocycles. The summed E-state index contributed by atoms with van der Waals surface area (Å²) >= 11 is 1.37. The summed E-state index contributed by atoms with van der Waals surface area (Å²) in [6, 6.07) is 7.41. The lowest BCUT2D eigenvalue weighted by molar-refractivity contribution is -0.120. The van der Waals surface area contributed by atoms with Gasteiger partial charge >= 0.3 is 0 Å². The molecule has 0 atom stereocenters. The van der Waals surface area contributed by atoms with E-state index in [0.29, 0.717) is 33.8 Å². The van der Waals surface area contributed by atoms with Crippen molar-refractivity contribution in [3.63, 3.8) is 0 Å². The van der Waals surface area contributed by atoms with E-state index in [0.717, 1.165) is 24.3 Å². The second-order valence-electron chi connectivity index (χ2n) is 9.44. The molecule has 2 aromatic rings. The number of thioether (sulfide) groups is 1. The minimum Gasteiger partial charge on any atom is -0.355 e. The van der Waals surface area contributed by atoms with E-state index in [9.17, 15) is 9.59 Å². The third-order valence-corrected chi connectivity index (χ3v) is 8.28. The first-order valence-corrected chi connectivity index (χ1v) is 11.9. The van der Waals surface area contributed by atoms with E-state index in [1.54, 1.807) is 4.57 Å². The molecule has 1 aromatic carbocycles. The maximum absolute atomic E-state index is 12.7. The fourth-order valence-corrected chi connectivity index (χ4v) is 7.40. The molecule has 1 amide bonds. The van der Waals surface area contributed by atoms with Gasteiger partial charge in [-0.1, -0.05) is 23.9 Å². The van der Waals surface area contributed by atoms with Crippen LogP contribution in [-0.2, 0) is 11.3 Å². The van der Waals surface area contributed by atoms with Gasteiger partial charge < -0.3 is 5.32 Å². The molecule has 1 heterocycles. The third kappa shape index (κ3) is 3.60. The van der Waals surface area contributed by atoms with Gasteiger partial charge in [0.05, 0.1) is 16.7 Å². The Morgan fingerprint density at radius 2 is 1.83 bits per heavy atom. The maximum Gasteiger partial charge on any atom is 0.262 e. The van der Waals surface area contributed by atoms with Crippen LogP contribution in [0.2, 0.25) is 0 Å². The van der Waals surface area contributed by atoms with E-state index in [1.165, 1.54) is 50.3 Å². The van der Waals surface area contributed by atoms with Gasteiger partial charge in [-0.15, -0.1) is 0 Å². The Hall–Kier alpha value is -1.82. The number of aromatic nitrogens is 2. The number of para-hydroxylation sites is 1. The number of hydrogen-bond donors (Lipinski definition) is 1. The SMILES string of the molecule is CCn1c(SCC(=O)NCC23CC4CC(CC(C4)C2)C3)nc2ccccc2c1=O. The fraction of sp³-hybridized carbons (Fsp3) is 0.609. The zero-order valence-electron chi connectivity index (χ0n) is 17.0. The summed E-state index contributed by atoms with van der Waals surface area (Å²) < 4.78 is 1.67. The third-order valence-electron chi connectivity index (χ3n) is 7.30. The minimum atomic E-state index is -0.0328. The summed E-state index contributed by atoms with van der Waals surface area (Å²) in [6.07, 6.45) is 8.16. The Morgan fingerprint density at radius 1 is 1.17 bits per heavy atom. The molecule has 4 aliphatic rings. The number of amides is 1. The topological polar surface area (TPSA) is 64.0 Å². The highest BCUT2D eigenvalue weighted by atomic mass is 32.2. The summed E-state index contributed by atoms with van der Waals surface area (Å²) in [6.45, 7) is 3.31. The molecule has 1 aromatic heterocycles. The summed E-state index contributed by atoms with van der Waals surface area (Å²) in [5.41, 5.74) is 1.01. The summed E-state index contributed by atoms with van der Waals surface area (Å²) in [4.78, 5) is 30.0. The first kappa shape index (κ1) is 19.2. The van der Waals surface area contributed by atoms with Gasteiger partial charge in [0.15, 0.2) is 5.16 Å². The smallest absolute Gasteiger partial charge is 0.262 e. The average Bonchev–Trinajstić information content (AvgIpc) is 2.70. The zero-order chi connectivity index (χ0) is 20.0. The van der Waals surface area contributed by atoms with Gasteiger partial charge in [-0.25, -0.2) is 4.98 Å². The van der Waals surface area contributed by atoms with Crippen LogP contribution in [0.4, 0.5) is 0 Å². The number of carbonyl (C=O) groups excluding carboxylic acids is 1. The van der Waals surface area contributed by atoms with Crippen molar-refractivity contribution in [1.29, 1.82) is 0 Å². The van der Waals surface area contributed by atoms with Crippen molar-refractivity contribution in [2.75, 3.05) is 12.3 Å². The summed E-state index contributed by atoms with van der Waals surface area (Å²) in [7, 11) is 0. The fourth-order valence-electron chi connectivity index (χ4n) is 6.51. The number of fused-ring (bicyclic) bond motifs is 1. The van der Waals surface area contributed by atoms with Crippen LogP contribution in [0.15, 0.2) is 34.2 Å². The largest absolute Gasteiger partial charge is 0.355 e. The molecule has 1 N–H and O–H groups in total. The van der Waals surface area contributed by atoms with E-state index in [4.69, 9.17) is 0 Å². The molecule has 0 saturated heterocycles. The van der Waals surface area contributed by atoms with Gasteiger partial charge in [-0.2, -0.15) is 0 Å². The van der Waals surface area contributed by atoms with Crippen molar-refractivity contribution in [2.24, 2.45) is 23.2 Å². The minimum absolute atomic E-state index is 0.0328. The Bertz CT molecular complexity index is 964. The maximum atomic E-state index is 12.7. The Balaban J connectivity index is 1.24. The van der Waals surface area contributed by atoms with Crippen LogP contribution >= 0.6 is 11.8 Å². The molecule has 4 fully saturated rings. The van der Waals surface area contributed by atoms with Crippen molar-refractivity contribution in [3.05, 3.63) is 34.6 Å². The van der Waals surface area contributed by atoms with Crippen LogP contribution in [0.25, 0.3) is 10.9 Å². The van der Waals surface area contributed by atoms with Crippen molar-refractivity contribution < 1.29 is 4.79 Å². The van der Waals surface area contributed by atoms with Gasteiger partial charge in [0.1, 0.15) is 0 Å². The Labute approximate surface area is 175 Å². The van der Waals surface area contributed by atoms with Gasteiger partial charge in [0.2, 0.25) is 5.91 Å². The molecule has 29 heavy (non-hydrogen) atoms. The summed E-state index contributed by atoms with van der Waals surface area (Å²) in [5.74, 6) is 3.04. The molecule has 5 nitrogen and oxygen atoms in total. The quantitative estimate of drug-likeness (QED) is 0.579. The number of carbonyl (C=O) groups is 1. The van der Waals surface area contributed by atoms with Gasteiger partial charge in [-0.3, -0.25) is 14.2 Å². The normalized spacial score (nSPS) is 30.0. The number of nitrogens with one attached hydrogen (secondary N) is 1. The lowest BCUT2D eigenvalue weighted by Gasteiger charge is -2.56. The van der Waals surface area contributed by atoms with E-state index in [2.05, 4.69) is 10.3 Å². The van der Waals surface area contributed by atoms with Crippen molar-refractivity contribution in [1.82, 2.24) is 14.9 Å². The number of rotatable bonds is 6. The molecule has 0 unspecified atom stereocenters. The van der Waals surface area contributed by atoms with Crippen LogP contribution in [-0.4, -0.2) is 27.8 Å². The molecule has 4 saturated carbocycles. The van der Waals surface area contributed by atoms with Crippen molar-refractivity contribution in [3.8, 4) is 0 Å². The van der Waals surface area contributed by atoms with E-state index in [-0.39, 0.29) is 11.5 Å². The van der Waals surface area contributed by atoms with E-state index >= 15 is 0 Å².